The third kappa shape index (κ3) is 4.76. The predicted octanol–water partition coefficient (Wildman–Crippen LogP) is 8.09. The van der Waals surface area contributed by atoms with Crippen LogP contribution < -0.4 is 4.74 Å². The van der Waals surface area contributed by atoms with Crippen molar-refractivity contribution in [1.82, 2.24) is 0 Å². The number of ether oxygens (including phenoxy) is 1. The Morgan fingerprint density at radius 1 is 0.839 bits per heavy atom. The Hall–Kier alpha value is -2.82. The van der Waals surface area contributed by atoms with Crippen molar-refractivity contribution in [3.05, 3.63) is 77.1 Å². The first-order valence-corrected chi connectivity index (χ1v) is 10.7. The van der Waals surface area contributed by atoms with E-state index in [0.717, 1.165) is 29.5 Å². The van der Waals surface area contributed by atoms with Gasteiger partial charge in [0.25, 0.3) is 0 Å². The van der Waals surface area contributed by atoms with Crippen LogP contribution in [0.3, 0.4) is 0 Å². The van der Waals surface area contributed by atoms with Crippen LogP contribution >= 0.6 is 0 Å². The number of alkyl halides is 3. The molecule has 1 nitrogen and oxygen atoms in total. The van der Waals surface area contributed by atoms with Crippen molar-refractivity contribution in [3.63, 3.8) is 0 Å². The number of aryl methyl sites for hydroxylation is 1. The summed E-state index contributed by atoms with van der Waals surface area (Å²) < 4.78 is 56.3. The third-order valence-corrected chi connectivity index (χ3v) is 5.79. The molecule has 0 fully saturated rings. The molecule has 4 rings (SSSR count). The number of halogens is 4. The van der Waals surface area contributed by atoms with E-state index >= 15 is 4.39 Å². The van der Waals surface area contributed by atoms with Crippen LogP contribution in [0.1, 0.15) is 49.3 Å². The monoisotopic (exact) mass is 428 g/mol. The van der Waals surface area contributed by atoms with E-state index in [9.17, 15) is 13.2 Å². The Morgan fingerprint density at radius 3 is 2.26 bits per heavy atom. The Balaban J connectivity index is 1.55. The smallest absolute Gasteiger partial charge is 0.406 e. The van der Waals surface area contributed by atoms with Crippen LogP contribution in [0.4, 0.5) is 17.6 Å². The van der Waals surface area contributed by atoms with E-state index in [1.807, 2.05) is 6.07 Å². The van der Waals surface area contributed by atoms with Crippen molar-refractivity contribution in [3.8, 4) is 28.0 Å². The molecule has 1 aliphatic rings. The predicted molar refractivity (Wildman–Crippen MR) is 115 cm³/mol. The summed E-state index contributed by atoms with van der Waals surface area (Å²) in [5, 5.41) is 0. The molecule has 0 saturated heterocycles. The van der Waals surface area contributed by atoms with Gasteiger partial charge in [0.05, 0.1) is 0 Å². The van der Waals surface area contributed by atoms with Crippen LogP contribution in [0.5, 0.6) is 5.75 Å². The Morgan fingerprint density at radius 2 is 1.55 bits per heavy atom. The van der Waals surface area contributed by atoms with Gasteiger partial charge in [-0.05, 0) is 52.8 Å². The fourth-order valence-corrected chi connectivity index (χ4v) is 4.26. The van der Waals surface area contributed by atoms with Gasteiger partial charge in [-0.15, -0.1) is 13.2 Å². The van der Waals surface area contributed by atoms with Gasteiger partial charge in [0.15, 0.2) is 0 Å². The summed E-state index contributed by atoms with van der Waals surface area (Å²) in [6, 6.07) is 15.3. The number of unbranched alkanes of at least 4 members (excludes halogenated alkanes) is 3. The molecular formula is C26H24F4O. The van der Waals surface area contributed by atoms with Gasteiger partial charge in [-0.25, -0.2) is 4.39 Å². The SMILES string of the molecule is CCCCCCc1ccc2c(c1)Cc1c-2ccc(-c2ccc(OC(F)(F)F)cc2)c1F. The van der Waals surface area contributed by atoms with Gasteiger partial charge in [0.1, 0.15) is 11.6 Å². The lowest BCUT2D eigenvalue weighted by molar-refractivity contribution is -0.274. The standard InChI is InChI=1S/C26H24F4O/c1-2-3-4-5-6-17-7-12-21-19(15-17)16-24-23(21)14-13-22(25(24)27)18-8-10-20(11-9-18)31-26(28,29)30/h7-15H,2-6,16H2,1H3. The highest BCUT2D eigenvalue weighted by Crippen LogP contribution is 2.41. The maximum Gasteiger partial charge on any atom is 0.573 e. The minimum Gasteiger partial charge on any atom is -0.406 e. The van der Waals surface area contributed by atoms with Crippen molar-refractivity contribution in [2.45, 2.75) is 51.8 Å². The first-order chi connectivity index (χ1) is 14.9. The molecule has 3 aromatic rings. The zero-order chi connectivity index (χ0) is 22.0. The highest BCUT2D eigenvalue weighted by molar-refractivity contribution is 5.81. The number of benzene rings is 3. The first-order valence-electron chi connectivity index (χ1n) is 10.7. The van der Waals surface area contributed by atoms with E-state index < -0.39 is 6.36 Å². The number of hydrogen-bond acceptors (Lipinski definition) is 1. The molecule has 0 radical (unpaired) electrons. The minimum atomic E-state index is -4.75. The molecule has 0 N–H and O–H groups in total. The summed E-state index contributed by atoms with van der Waals surface area (Å²) in [5.74, 6) is -0.639. The Labute approximate surface area is 179 Å². The molecule has 0 spiro atoms. The molecule has 1 aliphatic carbocycles. The normalized spacial score (nSPS) is 12.5. The highest BCUT2D eigenvalue weighted by Gasteiger charge is 2.31. The number of rotatable bonds is 7. The summed E-state index contributed by atoms with van der Waals surface area (Å²) in [6.45, 7) is 2.19. The lowest BCUT2D eigenvalue weighted by Gasteiger charge is -2.11. The number of fused-ring (bicyclic) bond motifs is 3. The van der Waals surface area contributed by atoms with E-state index in [1.165, 1.54) is 49.1 Å². The van der Waals surface area contributed by atoms with Gasteiger partial charge in [-0.1, -0.05) is 68.7 Å². The lowest BCUT2D eigenvalue weighted by Crippen LogP contribution is -2.16. The summed E-state index contributed by atoms with van der Waals surface area (Å²) in [5.41, 5.74) is 5.91. The molecule has 0 saturated carbocycles. The van der Waals surface area contributed by atoms with Crippen LogP contribution in [-0.4, -0.2) is 6.36 Å². The van der Waals surface area contributed by atoms with Crippen molar-refractivity contribution in [2.24, 2.45) is 0 Å². The van der Waals surface area contributed by atoms with Crippen molar-refractivity contribution < 1.29 is 22.3 Å². The van der Waals surface area contributed by atoms with E-state index in [0.29, 0.717) is 23.1 Å². The van der Waals surface area contributed by atoms with E-state index in [4.69, 9.17) is 0 Å². The van der Waals surface area contributed by atoms with Crippen LogP contribution in [0.15, 0.2) is 54.6 Å². The summed E-state index contributed by atoms with van der Waals surface area (Å²) >= 11 is 0. The maximum absolute atomic E-state index is 15.4. The molecule has 0 unspecified atom stereocenters. The van der Waals surface area contributed by atoms with Gasteiger partial charge in [-0.3, -0.25) is 0 Å². The molecule has 0 amide bonds. The number of hydrogen-bond donors (Lipinski definition) is 0. The molecule has 0 heterocycles. The second-order valence-corrected chi connectivity index (χ2v) is 8.00. The Kier molecular flexibility index (Phi) is 6.03. The molecule has 0 bridgehead atoms. The van der Waals surface area contributed by atoms with E-state index in [2.05, 4.69) is 29.9 Å². The summed E-state index contributed by atoms with van der Waals surface area (Å²) in [7, 11) is 0. The van der Waals surface area contributed by atoms with Gasteiger partial charge < -0.3 is 4.74 Å². The lowest BCUT2D eigenvalue weighted by atomic mass is 9.97. The summed E-state index contributed by atoms with van der Waals surface area (Å²) in [4.78, 5) is 0. The fourth-order valence-electron chi connectivity index (χ4n) is 4.26. The van der Waals surface area contributed by atoms with E-state index in [-0.39, 0.29) is 11.6 Å². The average Bonchev–Trinajstić information content (AvgIpc) is 3.10. The third-order valence-electron chi connectivity index (χ3n) is 5.79. The zero-order valence-electron chi connectivity index (χ0n) is 17.4. The summed E-state index contributed by atoms with van der Waals surface area (Å²) in [6.07, 6.45) is 1.64. The molecule has 31 heavy (non-hydrogen) atoms. The van der Waals surface area contributed by atoms with Gasteiger partial charge >= 0.3 is 6.36 Å². The van der Waals surface area contributed by atoms with Crippen LogP contribution in [-0.2, 0) is 12.8 Å². The molecule has 0 aromatic heterocycles. The second kappa shape index (κ2) is 8.74. The first kappa shape index (κ1) is 21.4. The molecule has 0 atom stereocenters. The highest BCUT2D eigenvalue weighted by atomic mass is 19.4. The minimum absolute atomic E-state index is 0.317. The van der Waals surface area contributed by atoms with Gasteiger partial charge in [-0.2, -0.15) is 0 Å². The van der Waals surface area contributed by atoms with E-state index in [1.54, 1.807) is 6.07 Å². The molecular weight excluding hydrogens is 404 g/mol. The second-order valence-electron chi connectivity index (χ2n) is 8.00. The van der Waals surface area contributed by atoms with Crippen LogP contribution in [0.2, 0.25) is 0 Å². The van der Waals surface area contributed by atoms with Crippen molar-refractivity contribution in [1.29, 1.82) is 0 Å². The van der Waals surface area contributed by atoms with Gasteiger partial charge in [0.2, 0.25) is 0 Å². The van der Waals surface area contributed by atoms with Crippen LogP contribution in [0, 0.1) is 5.82 Å². The fraction of sp³-hybridized carbons (Fsp3) is 0.308. The van der Waals surface area contributed by atoms with Crippen LogP contribution in [0.25, 0.3) is 22.3 Å². The van der Waals surface area contributed by atoms with Crippen molar-refractivity contribution in [2.75, 3.05) is 0 Å². The molecule has 5 heteroatoms. The van der Waals surface area contributed by atoms with Crippen molar-refractivity contribution >= 4 is 0 Å². The van der Waals surface area contributed by atoms with Gasteiger partial charge in [0, 0.05) is 17.5 Å². The zero-order valence-corrected chi connectivity index (χ0v) is 17.4. The topological polar surface area (TPSA) is 9.23 Å². The Bertz CT molecular complexity index is 1070. The molecule has 162 valence electrons. The average molecular weight is 428 g/mol. The molecule has 0 aliphatic heterocycles. The largest absolute Gasteiger partial charge is 0.573 e. The molecule has 3 aromatic carbocycles. The maximum atomic E-state index is 15.4. The quantitative estimate of drug-likeness (QED) is 0.213.